The Morgan fingerprint density at radius 2 is 1.74 bits per heavy atom. The van der Waals surface area contributed by atoms with Crippen LogP contribution in [0, 0.1) is 10.8 Å². The van der Waals surface area contributed by atoms with Crippen LogP contribution in [0.1, 0.15) is 52.2 Å². The lowest BCUT2D eigenvalue weighted by atomic mass is 9.80. The molecular formula is C20H24N2O. The molecule has 3 nitrogen and oxygen atoms in total. The van der Waals surface area contributed by atoms with Gasteiger partial charge in [-0.2, -0.15) is 0 Å². The summed E-state index contributed by atoms with van der Waals surface area (Å²) < 4.78 is 0. The standard InChI is InChI=1S/C20H24N2O/c1-12-10-22-16-15(19(2,3)11-20(16,4)5)18(23)21-17(22)14-9-7-6-8-13(12)14/h6-10,18,23H,11H2,1-5H3. The number of nitrogens with zero attached hydrogens (tertiary/aromatic N) is 2. The van der Waals surface area contributed by atoms with E-state index in [4.69, 9.17) is 0 Å². The van der Waals surface area contributed by atoms with Crippen molar-refractivity contribution in [2.75, 3.05) is 0 Å². The van der Waals surface area contributed by atoms with Crippen molar-refractivity contribution in [3.8, 4) is 0 Å². The molecule has 3 heteroatoms. The van der Waals surface area contributed by atoms with Crippen LogP contribution in [0.4, 0.5) is 0 Å². The van der Waals surface area contributed by atoms with Gasteiger partial charge < -0.3 is 10.0 Å². The first-order valence-corrected chi connectivity index (χ1v) is 8.31. The quantitative estimate of drug-likeness (QED) is 0.781. The number of hydrogen-bond donors (Lipinski definition) is 1. The van der Waals surface area contributed by atoms with Crippen LogP contribution in [-0.2, 0) is 0 Å². The Kier molecular flexibility index (Phi) is 2.78. The van der Waals surface area contributed by atoms with Gasteiger partial charge >= 0.3 is 0 Å². The minimum Gasteiger partial charge on any atom is -0.368 e. The first-order chi connectivity index (χ1) is 10.7. The molecule has 0 bridgehead atoms. The topological polar surface area (TPSA) is 35.8 Å². The summed E-state index contributed by atoms with van der Waals surface area (Å²) >= 11 is 0. The molecule has 2 aliphatic heterocycles. The van der Waals surface area contributed by atoms with Crippen LogP contribution in [0.15, 0.2) is 46.7 Å². The number of aliphatic hydroxyl groups excluding tert-OH is 1. The van der Waals surface area contributed by atoms with E-state index in [1.807, 2.05) is 6.07 Å². The maximum atomic E-state index is 10.8. The molecule has 0 spiro atoms. The molecule has 23 heavy (non-hydrogen) atoms. The van der Waals surface area contributed by atoms with Gasteiger partial charge in [-0.1, -0.05) is 52.0 Å². The Morgan fingerprint density at radius 3 is 2.43 bits per heavy atom. The summed E-state index contributed by atoms with van der Waals surface area (Å²) in [7, 11) is 0. The molecule has 1 atom stereocenters. The molecule has 3 aliphatic rings. The molecular weight excluding hydrogens is 284 g/mol. The SMILES string of the molecule is CC1=CN2C(=NC(O)C3=C2C(C)(C)CC3(C)C)c2ccccc21. The van der Waals surface area contributed by atoms with E-state index in [0.29, 0.717) is 0 Å². The van der Waals surface area contributed by atoms with Crippen LogP contribution in [-0.4, -0.2) is 22.1 Å². The van der Waals surface area contributed by atoms with Gasteiger partial charge in [0.05, 0.1) is 0 Å². The van der Waals surface area contributed by atoms with Crippen molar-refractivity contribution >= 4 is 11.4 Å². The van der Waals surface area contributed by atoms with Gasteiger partial charge in [-0.15, -0.1) is 0 Å². The zero-order chi connectivity index (χ0) is 16.6. The lowest BCUT2D eigenvalue weighted by Gasteiger charge is -2.40. The Labute approximate surface area is 138 Å². The highest BCUT2D eigenvalue weighted by Gasteiger charge is 2.51. The van der Waals surface area contributed by atoms with Crippen molar-refractivity contribution in [3.05, 3.63) is 52.9 Å². The van der Waals surface area contributed by atoms with E-state index in [2.05, 4.69) is 68.9 Å². The number of aliphatic hydroxyl groups is 1. The summed E-state index contributed by atoms with van der Waals surface area (Å²) in [5.74, 6) is 0.878. The van der Waals surface area contributed by atoms with E-state index in [0.717, 1.165) is 23.4 Å². The highest BCUT2D eigenvalue weighted by molar-refractivity contribution is 6.07. The van der Waals surface area contributed by atoms with Crippen LogP contribution in [0.25, 0.3) is 5.57 Å². The highest BCUT2D eigenvalue weighted by atomic mass is 16.3. The third-order valence-corrected chi connectivity index (χ3v) is 5.40. The zero-order valence-corrected chi connectivity index (χ0v) is 14.5. The number of fused-ring (bicyclic) bond motifs is 4. The minimum atomic E-state index is -0.743. The van der Waals surface area contributed by atoms with Gasteiger partial charge in [-0.3, -0.25) is 0 Å². The van der Waals surface area contributed by atoms with Gasteiger partial charge in [-0.05, 0) is 29.9 Å². The summed E-state index contributed by atoms with van der Waals surface area (Å²) in [5.41, 5.74) is 5.84. The van der Waals surface area contributed by atoms with Crippen LogP contribution >= 0.6 is 0 Å². The summed E-state index contributed by atoms with van der Waals surface area (Å²) in [6.45, 7) is 11.1. The Morgan fingerprint density at radius 1 is 1.09 bits per heavy atom. The fourth-order valence-corrected chi connectivity index (χ4v) is 4.86. The van der Waals surface area contributed by atoms with Gasteiger partial charge in [0.1, 0.15) is 5.84 Å². The second-order valence-electron chi connectivity index (χ2n) is 8.26. The predicted octanol–water partition coefficient (Wildman–Crippen LogP) is 4.15. The fourth-order valence-electron chi connectivity index (χ4n) is 4.86. The molecule has 0 aromatic heterocycles. The lowest BCUT2D eigenvalue weighted by molar-refractivity contribution is 0.185. The molecule has 0 saturated heterocycles. The van der Waals surface area contributed by atoms with Crippen LogP contribution in [0.2, 0.25) is 0 Å². The Bertz CT molecular complexity index is 796. The number of hydrogen-bond acceptors (Lipinski definition) is 3. The highest BCUT2D eigenvalue weighted by Crippen LogP contribution is 2.57. The zero-order valence-electron chi connectivity index (χ0n) is 14.5. The van der Waals surface area contributed by atoms with Crippen molar-refractivity contribution in [2.45, 2.75) is 47.3 Å². The first-order valence-electron chi connectivity index (χ1n) is 8.31. The third kappa shape index (κ3) is 1.89. The third-order valence-electron chi connectivity index (χ3n) is 5.40. The van der Waals surface area contributed by atoms with Crippen LogP contribution < -0.4 is 0 Å². The maximum Gasteiger partial charge on any atom is 0.172 e. The molecule has 2 heterocycles. The second-order valence-corrected chi connectivity index (χ2v) is 8.26. The Balaban J connectivity index is 1.98. The van der Waals surface area contributed by atoms with Crippen LogP contribution in [0.3, 0.4) is 0 Å². The summed E-state index contributed by atoms with van der Waals surface area (Å²) in [5, 5.41) is 10.8. The largest absolute Gasteiger partial charge is 0.368 e. The molecule has 120 valence electrons. The molecule has 1 N–H and O–H groups in total. The molecule has 0 saturated carbocycles. The van der Waals surface area contributed by atoms with Gasteiger partial charge in [-0.25, -0.2) is 4.99 Å². The fraction of sp³-hybridized carbons (Fsp3) is 0.450. The van der Waals surface area contributed by atoms with E-state index >= 15 is 0 Å². The van der Waals surface area contributed by atoms with Crippen molar-refractivity contribution in [1.82, 2.24) is 4.90 Å². The summed E-state index contributed by atoms with van der Waals surface area (Å²) in [4.78, 5) is 6.91. The van der Waals surface area contributed by atoms with Crippen molar-refractivity contribution < 1.29 is 5.11 Å². The van der Waals surface area contributed by atoms with E-state index in [1.54, 1.807) is 0 Å². The Hall–Kier alpha value is -1.87. The van der Waals surface area contributed by atoms with E-state index < -0.39 is 6.23 Å². The lowest BCUT2D eigenvalue weighted by Crippen LogP contribution is -2.40. The number of allylic oxidation sites excluding steroid dienone is 2. The van der Waals surface area contributed by atoms with Crippen molar-refractivity contribution in [2.24, 2.45) is 15.8 Å². The van der Waals surface area contributed by atoms with Crippen LogP contribution in [0.5, 0.6) is 0 Å². The van der Waals surface area contributed by atoms with E-state index in [-0.39, 0.29) is 10.8 Å². The molecule has 0 amide bonds. The van der Waals surface area contributed by atoms with Gasteiger partial charge in [0, 0.05) is 28.4 Å². The number of amidine groups is 1. The minimum absolute atomic E-state index is 0.0179. The van der Waals surface area contributed by atoms with Gasteiger partial charge in [0.15, 0.2) is 6.23 Å². The second kappa shape index (κ2) is 4.35. The summed E-state index contributed by atoms with van der Waals surface area (Å²) in [6.07, 6.45) is 2.47. The predicted molar refractivity (Wildman–Crippen MR) is 93.7 cm³/mol. The normalized spacial score (nSPS) is 27.0. The average molecular weight is 308 g/mol. The van der Waals surface area contributed by atoms with E-state index in [9.17, 15) is 5.11 Å². The van der Waals surface area contributed by atoms with Gasteiger partial charge in [0.2, 0.25) is 0 Å². The summed E-state index contributed by atoms with van der Waals surface area (Å²) in [6, 6.07) is 8.32. The van der Waals surface area contributed by atoms with Gasteiger partial charge in [0.25, 0.3) is 0 Å². The molecule has 1 aliphatic carbocycles. The average Bonchev–Trinajstić information content (AvgIpc) is 2.66. The number of rotatable bonds is 0. The smallest absolute Gasteiger partial charge is 0.172 e. The molecule has 1 unspecified atom stereocenters. The molecule has 1 aromatic carbocycles. The molecule has 0 radical (unpaired) electrons. The number of aliphatic imine (C=N–C) groups is 1. The number of benzene rings is 1. The molecule has 1 aromatic rings. The van der Waals surface area contributed by atoms with E-state index in [1.165, 1.54) is 16.8 Å². The molecule has 4 rings (SSSR count). The van der Waals surface area contributed by atoms with Crippen molar-refractivity contribution in [1.29, 1.82) is 0 Å². The maximum absolute atomic E-state index is 10.8. The van der Waals surface area contributed by atoms with Crippen molar-refractivity contribution in [3.63, 3.8) is 0 Å². The molecule has 0 fully saturated rings. The first kappa shape index (κ1) is 14.7. The monoisotopic (exact) mass is 308 g/mol.